The van der Waals surface area contributed by atoms with Crippen LogP contribution in [0.3, 0.4) is 0 Å². The summed E-state index contributed by atoms with van der Waals surface area (Å²) in [6.07, 6.45) is 0.761. The van der Waals surface area contributed by atoms with Crippen molar-refractivity contribution >= 4 is 51.3 Å². The predicted molar refractivity (Wildman–Crippen MR) is 200 cm³/mol. The lowest BCUT2D eigenvalue weighted by Gasteiger charge is -2.12. The summed E-state index contributed by atoms with van der Waals surface area (Å²) < 4.78 is 34.8. The van der Waals surface area contributed by atoms with Crippen LogP contribution in [0, 0.1) is 0 Å². The van der Waals surface area contributed by atoms with Gasteiger partial charge in [0.05, 0.1) is 54.2 Å². The van der Waals surface area contributed by atoms with Gasteiger partial charge in [0.25, 0.3) is 0 Å². The van der Waals surface area contributed by atoms with Crippen LogP contribution in [0.25, 0.3) is 44.3 Å². The minimum atomic E-state index is 0.194. The third-order valence-corrected chi connectivity index (χ3v) is 7.84. The van der Waals surface area contributed by atoms with E-state index in [1.165, 1.54) is 0 Å². The topological polar surface area (TPSA) is 98.2 Å². The summed E-state index contributed by atoms with van der Waals surface area (Å²) in [4.78, 5) is 21.6. The summed E-state index contributed by atoms with van der Waals surface area (Å²) in [6, 6.07) is 33.2. The molecule has 0 fully saturated rings. The molecule has 10 bridgehead atoms. The van der Waals surface area contributed by atoms with Crippen LogP contribution in [-0.2, 0) is 9.47 Å². The number of carbonyl (C=O) groups excluding carboxylic acids is 1. The molecule has 262 valence electrons. The molecule has 2 aromatic heterocycles. The minimum absolute atomic E-state index is 0.194. The van der Waals surface area contributed by atoms with E-state index in [0.717, 1.165) is 62.1 Å². The quantitative estimate of drug-likeness (QED) is 0.0937. The van der Waals surface area contributed by atoms with E-state index >= 15 is 0 Å². The molecular formula is C40H36Cl2N2O7. The third kappa shape index (κ3) is 9.86. The molecule has 0 saturated heterocycles. The van der Waals surface area contributed by atoms with Crippen LogP contribution in [0.15, 0.2) is 103 Å². The van der Waals surface area contributed by atoms with E-state index in [1.807, 2.05) is 60.7 Å². The highest BCUT2D eigenvalue weighted by Gasteiger charge is 2.10. The molecule has 3 aliphatic heterocycles. The van der Waals surface area contributed by atoms with Gasteiger partial charge in [0.1, 0.15) is 55.7 Å². The molecule has 51 heavy (non-hydrogen) atoms. The summed E-state index contributed by atoms with van der Waals surface area (Å²) in [6.45, 7) is 2.94. The molecule has 9 nitrogen and oxygen atoms in total. The number of fused-ring (bicyclic) bond motifs is 2. The fraction of sp³-hybridized carbons (Fsp3) is 0.225. The number of aldehydes is 1. The SMILES string of the molecule is ClCCl.O=Cc1cc2cc(c1)OCCOCCOc1ccc(cc1)-c1ccc3ccc4ccc(nc4c3n1)-c1ccc(cc1)OCCOCCO2. The van der Waals surface area contributed by atoms with Crippen molar-refractivity contribution in [1.82, 2.24) is 9.97 Å². The second-order valence-electron chi connectivity index (χ2n) is 11.2. The lowest BCUT2D eigenvalue weighted by Crippen LogP contribution is -2.13. The molecule has 0 atom stereocenters. The number of aromatic nitrogens is 2. The van der Waals surface area contributed by atoms with Gasteiger partial charge in [-0.1, -0.05) is 24.3 Å². The van der Waals surface area contributed by atoms with Gasteiger partial charge in [-0.25, -0.2) is 9.97 Å². The molecule has 0 N–H and O–H groups in total. The number of nitrogens with zero attached hydrogens (tertiary/aromatic N) is 2. The highest BCUT2D eigenvalue weighted by Crippen LogP contribution is 2.30. The van der Waals surface area contributed by atoms with Crippen molar-refractivity contribution in [2.75, 3.05) is 58.2 Å². The van der Waals surface area contributed by atoms with E-state index in [-0.39, 0.29) is 5.34 Å². The maximum atomic E-state index is 11.5. The molecule has 0 unspecified atom stereocenters. The van der Waals surface area contributed by atoms with Crippen molar-refractivity contribution in [1.29, 1.82) is 0 Å². The Morgan fingerprint density at radius 1 is 0.490 bits per heavy atom. The monoisotopic (exact) mass is 726 g/mol. The van der Waals surface area contributed by atoms with Gasteiger partial charge in [0.15, 0.2) is 0 Å². The summed E-state index contributed by atoms with van der Waals surface area (Å²) in [7, 11) is 0. The first-order valence-electron chi connectivity index (χ1n) is 16.4. The van der Waals surface area contributed by atoms with E-state index in [1.54, 1.807) is 18.2 Å². The van der Waals surface area contributed by atoms with Crippen molar-refractivity contribution in [3.05, 3.63) is 109 Å². The molecule has 11 heteroatoms. The van der Waals surface area contributed by atoms with Gasteiger partial charge in [0, 0.05) is 33.5 Å². The fourth-order valence-electron chi connectivity index (χ4n) is 5.44. The molecule has 0 aliphatic carbocycles. The average Bonchev–Trinajstić information content (AvgIpc) is 3.17. The Hall–Kier alpha value is -4.93. The fourth-order valence-corrected chi connectivity index (χ4v) is 5.44. The van der Waals surface area contributed by atoms with Gasteiger partial charge in [-0.3, -0.25) is 4.79 Å². The molecule has 0 radical (unpaired) electrons. The summed E-state index contributed by atoms with van der Waals surface area (Å²) in [5.74, 6) is 2.54. The van der Waals surface area contributed by atoms with Gasteiger partial charge in [0.2, 0.25) is 0 Å². The first kappa shape index (κ1) is 35.9. The first-order valence-corrected chi connectivity index (χ1v) is 17.5. The second-order valence-corrected chi connectivity index (χ2v) is 12.0. The number of ether oxygens (including phenoxy) is 6. The molecule has 0 saturated carbocycles. The van der Waals surface area contributed by atoms with E-state index in [2.05, 4.69) is 24.3 Å². The Kier molecular flexibility index (Phi) is 12.9. The molecular weight excluding hydrogens is 691 g/mol. The van der Waals surface area contributed by atoms with Crippen LogP contribution in [0.5, 0.6) is 23.0 Å². The standard InChI is InChI=1S/C39H34N2O7.CH2Cl2/c42-26-27-23-34-25-35(24-27)48-22-18-44-16-20-46-33-11-5-29(6-12-33)37-14-8-31-2-1-30-7-13-36(40-38(30)39(31)41-37)28-3-9-32(10-4-28)45-19-15-43-17-21-47-34;2-1-3/h1-14,23-26H,15-22H2;1H2. The Morgan fingerprint density at radius 2 is 0.863 bits per heavy atom. The average molecular weight is 728 g/mol. The normalized spacial score (nSPS) is 14.1. The smallest absolute Gasteiger partial charge is 0.150 e. The van der Waals surface area contributed by atoms with Gasteiger partial charge in [-0.05, 0) is 72.8 Å². The molecule has 0 amide bonds. The van der Waals surface area contributed by atoms with Gasteiger partial charge >= 0.3 is 0 Å². The summed E-state index contributed by atoms with van der Waals surface area (Å²) in [5.41, 5.74) is 5.84. The number of hydrogen-bond donors (Lipinski definition) is 0. The number of rotatable bonds is 1. The first-order chi connectivity index (χ1) is 25.1. The molecule has 3 aliphatic rings. The van der Waals surface area contributed by atoms with Crippen molar-refractivity contribution in [3.63, 3.8) is 0 Å². The maximum absolute atomic E-state index is 11.5. The molecule has 4 aromatic carbocycles. The molecule has 6 aromatic rings. The molecule has 9 rings (SSSR count). The predicted octanol–water partition coefficient (Wildman–Crippen LogP) is 8.61. The van der Waals surface area contributed by atoms with Crippen LogP contribution < -0.4 is 18.9 Å². The van der Waals surface area contributed by atoms with Gasteiger partial charge in [-0.2, -0.15) is 0 Å². The zero-order valence-electron chi connectivity index (χ0n) is 27.8. The van der Waals surface area contributed by atoms with Crippen LogP contribution in [0.1, 0.15) is 10.4 Å². The van der Waals surface area contributed by atoms with Crippen LogP contribution in [0.2, 0.25) is 0 Å². The van der Waals surface area contributed by atoms with Crippen molar-refractivity contribution < 1.29 is 33.2 Å². The Labute approximate surface area is 306 Å². The van der Waals surface area contributed by atoms with E-state index in [4.69, 9.17) is 61.6 Å². The Morgan fingerprint density at radius 3 is 1.25 bits per heavy atom. The number of hydrogen-bond acceptors (Lipinski definition) is 9. The Balaban J connectivity index is 0.00000144. The third-order valence-electron chi connectivity index (χ3n) is 7.84. The highest BCUT2D eigenvalue weighted by molar-refractivity contribution is 6.40. The lowest BCUT2D eigenvalue weighted by molar-refractivity contribution is 0.0746. The summed E-state index contributed by atoms with van der Waals surface area (Å²) >= 11 is 9.53. The minimum Gasteiger partial charge on any atom is -0.491 e. The van der Waals surface area contributed by atoms with Crippen LogP contribution >= 0.6 is 23.2 Å². The number of pyridine rings is 2. The number of halogens is 2. The number of benzene rings is 4. The number of alkyl halides is 2. The van der Waals surface area contributed by atoms with E-state index in [9.17, 15) is 4.79 Å². The Bertz CT molecular complexity index is 1900. The second kappa shape index (κ2) is 18.3. The highest BCUT2D eigenvalue weighted by atomic mass is 35.5. The van der Waals surface area contributed by atoms with Crippen molar-refractivity contribution in [3.8, 4) is 45.5 Å². The summed E-state index contributed by atoms with van der Waals surface area (Å²) in [5, 5.41) is 2.25. The van der Waals surface area contributed by atoms with Crippen molar-refractivity contribution in [2.45, 2.75) is 0 Å². The maximum Gasteiger partial charge on any atom is 0.150 e. The van der Waals surface area contributed by atoms with E-state index in [0.29, 0.717) is 69.9 Å². The molecule has 5 heterocycles. The van der Waals surface area contributed by atoms with Gasteiger partial charge < -0.3 is 28.4 Å². The van der Waals surface area contributed by atoms with Crippen LogP contribution in [-0.4, -0.2) is 74.4 Å². The van der Waals surface area contributed by atoms with Crippen molar-refractivity contribution in [2.24, 2.45) is 0 Å². The molecule has 0 spiro atoms. The zero-order valence-corrected chi connectivity index (χ0v) is 29.3. The largest absolute Gasteiger partial charge is 0.491 e. The lowest BCUT2D eigenvalue weighted by atomic mass is 10.1. The zero-order chi connectivity index (χ0) is 35.3. The number of carbonyl (C=O) groups is 1. The van der Waals surface area contributed by atoms with E-state index < -0.39 is 0 Å². The van der Waals surface area contributed by atoms with Gasteiger partial charge in [-0.15, -0.1) is 23.2 Å². The van der Waals surface area contributed by atoms with Crippen LogP contribution in [0.4, 0.5) is 0 Å².